The zero-order chi connectivity index (χ0) is 21.7. The number of amides is 2. The van der Waals surface area contributed by atoms with Crippen LogP contribution in [0.5, 0.6) is 0 Å². The molecule has 0 bridgehead atoms. The van der Waals surface area contributed by atoms with Gasteiger partial charge in [-0.1, -0.05) is 19.4 Å². The maximum absolute atomic E-state index is 12.2. The summed E-state index contributed by atoms with van der Waals surface area (Å²) < 4.78 is 5.03. The van der Waals surface area contributed by atoms with Crippen LogP contribution in [0.15, 0.2) is 30.3 Å². The van der Waals surface area contributed by atoms with Gasteiger partial charge in [0.2, 0.25) is 0 Å². The van der Waals surface area contributed by atoms with Crippen molar-refractivity contribution in [3.05, 3.63) is 61.3 Å². The summed E-state index contributed by atoms with van der Waals surface area (Å²) in [5, 5.41) is 10.8. The van der Waals surface area contributed by atoms with Crippen LogP contribution in [0.1, 0.15) is 50.2 Å². The number of benzene rings is 1. The SMILES string of the molecule is CC[C@@H]1CCc2sc(C(=O)OCC(=O)NNC(=O)c3cccc([N+](=O)[O-])c3)cc2C1. The van der Waals surface area contributed by atoms with Crippen molar-refractivity contribution in [3.63, 3.8) is 0 Å². The fourth-order valence-electron chi connectivity index (χ4n) is 3.25. The Bertz CT molecular complexity index is 987. The van der Waals surface area contributed by atoms with Gasteiger partial charge in [-0.05, 0) is 42.9 Å². The van der Waals surface area contributed by atoms with E-state index in [1.54, 1.807) is 0 Å². The first-order chi connectivity index (χ1) is 14.4. The molecule has 0 fully saturated rings. The smallest absolute Gasteiger partial charge is 0.348 e. The van der Waals surface area contributed by atoms with Crippen molar-refractivity contribution in [2.75, 3.05) is 6.61 Å². The second-order valence-corrected chi connectivity index (χ2v) is 8.10. The van der Waals surface area contributed by atoms with Gasteiger partial charge in [-0.2, -0.15) is 0 Å². The number of esters is 1. The number of nitrogens with zero attached hydrogens (tertiary/aromatic N) is 1. The van der Waals surface area contributed by atoms with E-state index in [0.29, 0.717) is 10.8 Å². The number of fused-ring (bicyclic) bond motifs is 1. The van der Waals surface area contributed by atoms with Crippen LogP contribution in [0.25, 0.3) is 0 Å². The molecule has 3 rings (SSSR count). The Balaban J connectivity index is 1.47. The van der Waals surface area contributed by atoms with Crippen LogP contribution in [0.3, 0.4) is 0 Å². The van der Waals surface area contributed by atoms with E-state index in [4.69, 9.17) is 4.74 Å². The number of nitro benzene ring substituents is 1. The van der Waals surface area contributed by atoms with Gasteiger partial charge in [0.15, 0.2) is 6.61 Å². The molecule has 1 aliphatic rings. The molecule has 2 aromatic rings. The largest absolute Gasteiger partial charge is 0.451 e. The van der Waals surface area contributed by atoms with E-state index in [1.165, 1.54) is 40.0 Å². The third kappa shape index (κ3) is 5.20. The van der Waals surface area contributed by atoms with E-state index in [1.807, 2.05) is 6.07 Å². The van der Waals surface area contributed by atoms with Crippen LogP contribution in [0.4, 0.5) is 5.69 Å². The molecule has 0 spiro atoms. The summed E-state index contributed by atoms with van der Waals surface area (Å²) in [6.45, 7) is 1.60. The Morgan fingerprint density at radius 2 is 2.07 bits per heavy atom. The molecule has 0 saturated carbocycles. The fraction of sp³-hybridized carbons (Fsp3) is 0.350. The summed E-state index contributed by atoms with van der Waals surface area (Å²) in [6, 6.07) is 6.91. The number of hydrazine groups is 1. The second kappa shape index (κ2) is 9.49. The number of ether oxygens (including phenoxy) is 1. The quantitative estimate of drug-likeness (QED) is 0.411. The topological polar surface area (TPSA) is 128 Å². The molecule has 0 saturated heterocycles. The Labute approximate surface area is 176 Å². The lowest BCUT2D eigenvalue weighted by molar-refractivity contribution is -0.384. The molecule has 30 heavy (non-hydrogen) atoms. The molecule has 0 radical (unpaired) electrons. The summed E-state index contributed by atoms with van der Waals surface area (Å²) in [4.78, 5) is 47.9. The number of carbonyl (C=O) groups excluding carboxylic acids is 3. The van der Waals surface area contributed by atoms with Crippen LogP contribution >= 0.6 is 11.3 Å². The first-order valence-corrected chi connectivity index (χ1v) is 10.3. The van der Waals surface area contributed by atoms with Crippen LogP contribution < -0.4 is 10.9 Å². The molecular formula is C20H21N3O6S. The lowest BCUT2D eigenvalue weighted by Crippen LogP contribution is -2.43. The highest BCUT2D eigenvalue weighted by atomic mass is 32.1. The third-order valence-electron chi connectivity index (χ3n) is 4.93. The molecule has 1 aromatic heterocycles. The van der Waals surface area contributed by atoms with Crippen LogP contribution in [-0.4, -0.2) is 29.3 Å². The van der Waals surface area contributed by atoms with Gasteiger partial charge in [0.1, 0.15) is 4.88 Å². The first-order valence-electron chi connectivity index (χ1n) is 9.49. The van der Waals surface area contributed by atoms with E-state index in [-0.39, 0.29) is 11.3 Å². The number of non-ortho nitro benzene ring substituents is 1. The van der Waals surface area contributed by atoms with Gasteiger partial charge >= 0.3 is 5.97 Å². The van der Waals surface area contributed by atoms with Gasteiger partial charge < -0.3 is 4.74 Å². The molecule has 0 aliphatic heterocycles. The summed E-state index contributed by atoms with van der Waals surface area (Å²) >= 11 is 1.40. The van der Waals surface area contributed by atoms with Crippen molar-refractivity contribution >= 4 is 34.8 Å². The Morgan fingerprint density at radius 3 is 2.80 bits per heavy atom. The number of nitro groups is 1. The number of thiophene rings is 1. The lowest BCUT2D eigenvalue weighted by Gasteiger charge is -2.19. The molecule has 1 atom stereocenters. The minimum atomic E-state index is -0.727. The molecule has 10 heteroatoms. The van der Waals surface area contributed by atoms with Gasteiger partial charge in [-0.25, -0.2) is 4.79 Å². The Kier molecular flexibility index (Phi) is 6.78. The normalized spacial score (nSPS) is 15.0. The van der Waals surface area contributed by atoms with E-state index in [9.17, 15) is 24.5 Å². The zero-order valence-corrected chi connectivity index (χ0v) is 17.1. The summed E-state index contributed by atoms with van der Waals surface area (Å²) in [6.07, 6.45) is 4.14. The number of rotatable bonds is 6. The molecular weight excluding hydrogens is 410 g/mol. The van der Waals surface area contributed by atoms with Gasteiger partial charge in [0, 0.05) is 22.6 Å². The third-order valence-corrected chi connectivity index (χ3v) is 6.15. The summed E-state index contributed by atoms with van der Waals surface area (Å²) in [5.74, 6) is -1.40. The molecule has 1 aromatic carbocycles. The average Bonchev–Trinajstić information content (AvgIpc) is 3.19. The maximum Gasteiger partial charge on any atom is 0.348 e. The van der Waals surface area contributed by atoms with Crippen molar-refractivity contribution < 1.29 is 24.0 Å². The van der Waals surface area contributed by atoms with E-state index < -0.39 is 29.3 Å². The standard InChI is InChI=1S/C20H21N3O6S/c1-2-12-6-7-16-14(8-12)10-17(30-16)20(26)29-11-18(24)21-22-19(25)13-4-3-5-15(9-13)23(27)28/h3-5,9-10,12H,2,6-8,11H2,1H3,(H,21,24)(H,22,25)/t12-/m1/s1. The zero-order valence-electron chi connectivity index (χ0n) is 16.3. The molecule has 2 amide bonds. The van der Waals surface area contributed by atoms with Crippen molar-refractivity contribution in [3.8, 4) is 0 Å². The predicted molar refractivity (Wildman–Crippen MR) is 109 cm³/mol. The van der Waals surface area contributed by atoms with E-state index in [2.05, 4.69) is 17.8 Å². The van der Waals surface area contributed by atoms with Crippen molar-refractivity contribution in [1.29, 1.82) is 0 Å². The van der Waals surface area contributed by atoms with Crippen molar-refractivity contribution in [2.45, 2.75) is 32.6 Å². The highest BCUT2D eigenvalue weighted by Gasteiger charge is 2.23. The van der Waals surface area contributed by atoms with E-state index >= 15 is 0 Å². The first kappa shape index (κ1) is 21.4. The molecule has 158 valence electrons. The molecule has 1 heterocycles. The summed E-state index contributed by atoms with van der Waals surface area (Å²) in [7, 11) is 0. The van der Waals surface area contributed by atoms with Crippen LogP contribution in [0, 0.1) is 16.0 Å². The number of nitrogens with one attached hydrogen (secondary N) is 2. The molecule has 2 N–H and O–H groups in total. The fourth-order valence-corrected chi connectivity index (χ4v) is 4.35. The van der Waals surface area contributed by atoms with Gasteiger partial charge in [0.05, 0.1) is 4.92 Å². The maximum atomic E-state index is 12.2. The van der Waals surface area contributed by atoms with Crippen LogP contribution in [-0.2, 0) is 22.4 Å². The Hall–Kier alpha value is -3.27. The minimum absolute atomic E-state index is 0.0102. The number of hydrogen-bond donors (Lipinski definition) is 2. The minimum Gasteiger partial charge on any atom is -0.451 e. The van der Waals surface area contributed by atoms with Gasteiger partial charge in [0.25, 0.3) is 17.5 Å². The highest BCUT2D eigenvalue weighted by molar-refractivity contribution is 7.14. The average molecular weight is 431 g/mol. The van der Waals surface area contributed by atoms with E-state index in [0.717, 1.165) is 31.7 Å². The lowest BCUT2D eigenvalue weighted by atomic mass is 9.87. The van der Waals surface area contributed by atoms with Crippen molar-refractivity contribution in [1.82, 2.24) is 10.9 Å². The predicted octanol–water partition coefficient (Wildman–Crippen LogP) is 2.79. The highest BCUT2D eigenvalue weighted by Crippen LogP contribution is 2.33. The van der Waals surface area contributed by atoms with Crippen LogP contribution in [0.2, 0.25) is 0 Å². The monoisotopic (exact) mass is 431 g/mol. The second-order valence-electron chi connectivity index (χ2n) is 6.96. The summed E-state index contributed by atoms with van der Waals surface area (Å²) in [5.41, 5.74) is 5.19. The Morgan fingerprint density at radius 1 is 1.27 bits per heavy atom. The van der Waals surface area contributed by atoms with Crippen molar-refractivity contribution in [2.24, 2.45) is 5.92 Å². The van der Waals surface area contributed by atoms with Gasteiger partial charge in [-0.15, -0.1) is 11.3 Å². The number of hydrogen-bond acceptors (Lipinski definition) is 7. The van der Waals surface area contributed by atoms with Gasteiger partial charge in [-0.3, -0.25) is 30.6 Å². The number of aryl methyl sites for hydroxylation is 1. The molecule has 1 aliphatic carbocycles. The molecule has 0 unspecified atom stereocenters. The molecule has 9 nitrogen and oxygen atoms in total. The number of carbonyl (C=O) groups is 3.